The Morgan fingerprint density at radius 2 is 1.57 bits per heavy atom. The Bertz CT molecular complexity index is 3030. The van der Waals surface area contributed by atoms with E-state index in [-0.39, 0.29) is 40.3 Å². The number of halogens is 1. The van der Waals surface area contributed by atoms with Gasteiger partial charge >= 0.3 is 5.97 Å². The number of hydrogen-bond donors (Lipinski definition) is 4. The molecule has 5 fully saturated rings. The third-order valence-corrected chi connectivity index (χ3v) is 19.7. The van der Waals surface area contributed by atoms with E-state index in [1.54, 1.807) is 17.4 Å². The van der Waals surface area contributed by atoms with Gasteiger partial charge in [0.05, 0.1) is 55.1 Å². The maximum absolute atomic E-state index is 13.1. The van der Waals surface area contributed by atoms with Gasteiger partial charge in [-0.25, -0.2) is 4.98 Å². The fraction of sp³-hybridized carbons (Fsp3) is 0.562. The molecule has 2 saturated carbocycles. The standard InChI is InChI=1S/C26H28ClN3O.C19H23N3O3S.C19H35N3O/c1-29-14-10-17(11-15-29)18-8-9-19-22(16-18)30-21-7-5-6-20(27)23(21)24(31)28-25(30)26(19)12-3-2-4-13-26;1-13-18(26-12-21-13)15-4-2-14(3-5-15)17(20-11-23)10-22-8-6-16(7-9-22)19(24)25;1-14-9-8-12-22(14)18(23)17(19(2,3)4)21-13-16(20)15-10-6-5-7-11-15/h5-9,16-17H,2-4,10-15H2,1H3;2-5,11-12,16-17H,6-10H2,1H3,(H,20,23)(H,24,25);13-15,17,21H,5-12,20H2,1-4H3/b;;16-13-. The second-order valence-electron chi connectivity index (χ2n) is 24.8. The minimum Gasteiger partial charge on any atom is -0.481 e. The van der Waals surface area contributed by atoms with Crippen molar-refractivity contribution in [3.63, 3.8) is 0 Å². The van der Waals surface area contributed by atoms with Crippen molar-refractivity contribution in [2.45, 2.75) is 167 Å². The molecule has 6 aliphatic rings. The van der Waals surface area contributed by atoms with Gasteiger partial charge < -0.3 is 36.2 Å². The number of thiazole rings is 1. The molecule has 2 amide bonds. The predicted molar refractivity (Wildman–Crippen MR) is 322 cm³/mol. The molecule has 16 heteroatoms. The summed E-state index contributed by atoms with van der Waals surface area (Å²) in [6, 6.07) is 21.1. The summed E-state index contributed by atoms with van der Waals surface area (Å²) in [6.07, 6.45) is 20.6. The van der Waals surface area contributed by atoms with Gasteiger partial charge in [0.1, 0.15) is 11.9 Å². The van der Waals surface area contributed by atoms with Gasteiger partial charge in [0.25, 0.3) is 5.56 Å². The van der Waals surface area contributed by atoms with Gasteiger partial charge in [0, 0.05) is 31.0 Å². The molecule has 80 heavy (non-hydrogen) atoms. The Morgan fingerprint density at radius 3 is 2.20 bits per heavy atom. The number of likely N-dealkylation sites (tertiary alicyclic amines) is 3. The van der Waals surface area contributed by atoms with Crippen LogP contribution in [-0.4, -0.2) is 111 Å². The number of aryl methyl sites for hydroxylation is 1. The lowest BCUT2D eigenvalue weighted by molar-refractivity contribution is -0.143. The topological polar surface area (TPSA) is 179 Å². The maximum Gasteiger partial charge on any atom is 0.306 e. The molecule has 4 aliphatic heterocycles. The number of nitrogens with two attached hydrogens (primary N) is 1. The van der Waals surface area contributed by atoms with Crippen LogP contribution in [0.2, 0.25) is 5.02 Å². The van der Waals surface area contributed by atoms with Crippen molar-refractivity contribution in [3.05, 3.63) is 122 Å². The van der Waals surface area contributed by atoms with E-state index in [0.717, 1.165) is 104 Å². The van der Waals surface area contributed by atoms with Crippen LogP contribution in [0.25, 0.3) is 27.0 Å². The van der Waals surface area contributed by atoms with E-state index in [1.165, 1.54) is 81.0 Å². The SMILES string of the molecule is CC1CCCN1C(=O)C(N/C=C(\N)C1CCCCC1)C(C)(C)C.CN1CCC(c2ccc3c(c2)-n2c(nc(=O)c4c(Cl)cccc42)C32CCCCC2)CC1.Cc1ncsc1-c1ccc(C(CN2CCC(C(=O)O)CC2)NC=O)cc1. The number of piperidine rings is 2. The largest absolute Gasteiger partial charge is 0.481 e. The number of carbonyl (C=O) groups is 3. The summed E-state index contributed by atoms with van der Waals surface area (Å²) < 4.78 is 2.27. The number of fused-ring (bicyclic) bond motifs is 7. The average molecular weight is 1130 g/mol. The number of aliphatic carboxylic acids is 1. The molecule has 0 bridgehead atoms. The fourth-order valence-electron chi connectivity index (χ4n) is 13.5. The monoisotopic (exact) mass is 1130 g/mol. The van der Waals surface area contributed by atoms with Crippen LogP contribution < -0.4 is 21.9 Å². The third-order valence-electron chi connectivity index (χ3n) is 18.4. The predicted octanol–water partition coefficient (Wildman–Crippen LogP) is 11.5. The highest BCUT2D eigenvalue weighted by atomic mass is 35.5. The van der Waals surface area contributed by atoms with Crippen LogP contribution in [0.15, 0.2) is 82.9 Å². The maximum atomic E-state index is 13.1. The zero-order valence-corrected chi connectivity index (χ0v) is 49.7. The molecule has 3 atom stereocenters. The van der Waals surface area contributed by atoms with Crippen molar-refractivity contribution in [1.29, 1.82) is 0 Å². The Kier molecular flexibility index (Phi) is 19.3. The molecule has 3 unspecified atom stereocenters. The van der Waals surface area contributed by atoms with E-state index in [0.29, 0.717) is 47.7 Å². The van der Waals surface area contributed by atoms with Gasteiger partial charge in [0.2, 0.25) is 12.3 Å². The van der Waals surface area contributed by atoms with Gasteiger partial charge in [-0.2, -0.15) is 4.98 Å². The Morgan fingerprint density at radius 1 is 0.875 bits per heavy atom. The minimum absolute atomic E-state index is 0.106. The van der Waals surface area contributed by atoms with Crippen LogP contribution >= 0.6 is 22.9 Å². The van der Waals surface area contributed by atoms with Crippen LogP contribution in [0, 0.1) is 24.2 Å². The number of carbonyl (C=O) groups excluding carboxylic acids is 2. The van der Waals surface area contributed by atoms with Gasteiger partial charge in [0.15, 0.2) is 0 Å². The number of nitrogens with zero attached hydrogens (tertiary/aromatic N) is 6. The molecule has 3 aromatic carbocycles. The molecular weight excluding hydrogens is 1040 g/mol. The first kappa shape index (κ1) is 59.0. The van der Waals surface area contributed by atoms with Crippen LogP contribution in [-0.2, 0) is 19.8 Å². The summed E-state index contributed by atoms with van der Waals surface area (Å²) in [5.41, 5.74) is 16.6. The molecule has 3 saturated heterocycles. The number of nitrogens with one attached hydrogen (secondary N) is 2. The number of allylic oxidation sites excluding steroid dienone is 1. The Balaban J connectivity index is 0.000000147. The van der Waals surface area contributed by atoms with Crippen molar-refractivity contribution < 1.29 is 19.5 Å². The summed E-state index contributed by atoms with van der Waals surface area (Å²) in [5, 5.41) is 16.4. The number of benzene rings is 3. The second-order valence-corrected chi connectivity index (χ2v) is 26.1. The van der Waals surface area contributed by atoms with E-state index in [9.17, 15) is 19.2 Å². The highest BCUT2D eigenvalue weighted by molar-refractivity contribution is 7.13. The van der Waals surface area contributed by atoms with Crippen LogP contribution in [0.1, 0.15) is 171 Å². The summed E-state index contributed by atoms with van der Waals surface area (Å²) in [6.45, 7) is 15.9. The molecule has 2 aromatic heterocycles. The van der Waals surface area contributed by atoms with Crippen molar-refractivity contribution >= 4 is 52.1 Å². The summed E-state index contributed by atoms with van der Waals surface area (Å²) >= 11 is 8.10. The fourth-order valence-corrected chi connectivity index (χ4v) is 14.6. The van der Waals surface area contributed by atoms with E-state index in [1.807, 2.05) is 47.8 Å². The highest BCUT2D eigenvalue weighted by Crippen LogP contribution is 2.52. The van der Waals surface area contributed by atoms with E-state index >= 15 is 0 Å². The Labute approximate surface area is 483 Å². The normalized spacial score (nSPS) is 20.9. The minimum atomic E-state index is -0.707. The van der Waals surface area contributed by atoms with Gasteiger partial charge in [-0.3, -0.25) is 23.7 Å². The molecule has 11 rings (SSSR count). The lowest BCUT2D eigenvalue weighted by Gasteiger charge is -2.35. The third kappa shape index (κ3) is 13.2. The lowest BCUT2D eigenvalue weighted by atomic mass is 9.69. The van der Waals surface area contributed by atoms with E-state index in [2.05, 4.69) is 95.1 Å². The smallest absolute Gasteiger partial charge is 0.306 e. The molecule has 430 valence electrons. The summed E-state index contributed by atoms with van der Waals surface area (Å²) in [4.78, 5) is 65.0. The highest BCUT2D eigenvalue weighted by Gasteiger charge is 2.47. The van der Waals surface area contributed by atoms with Gasteiger partial charge in [-0.15, -0.1) is 11.3 Å². The van der Waals surface area contributed by atoms with Gasteiger partial charge in [-0.1, -0.05) is 113 Å². The average Bonchev–Trinajstić information content (AvgIpc) is 4.37. The molecule has 6 heterocycles. The van der Waals surface area contributed by atoms with Crippen LogP contribution in [0.5, 0.6) is 0 Å². The summed E-state index contributed by atoms with van der Waals surface area (Å²) in [5.74, 6) is 1.28. The zero-order valence-electron chi connectivity index (χ0n) is 48.2. The first-order valence-corrected chi connectivity index (χ1v) is 31.0. The second kappa shape index (κ2) is 26.1. The molecule has 5 aromatic rings. The number of rotatable bonds is 12. The molecule has 2 aliphatic carbocycles. The first-order valence-electron chi connectivity index (χ1n) is 29.7. The van der Waals surface area contributed by atoms with E-state index in [4.69, 9.17) is 27.4 Å². The van der Waals surface area contributed by atoms with Crippen molar-refractivity contribution in [2.24, 2.45) is 23.0 Å². The molecule has 5 N–H and O–H groups in total. The molecular formula is C64H86ClN9O5S. The van der Waals surface area contributed by atoms with Gasteiger partial charge in [-0.05, 0) is 169 Å². The number of carboxylic acids is 1. The van der Waals surface area contributed by atoms with E-state index < -0.39 is 5.97 Å². The molecule has 14 nitrogen and oxygen atoms in total. The Hall–Kier alpha value is -5.61. The number of aromatic nitrogens is 3. The van der Waals surface area contributed by atoms with Crippen molar-refractivity contribution in [2.75, 3.05) is 46.3 Å². The number of hydrogen-bond acceptors (Lipinski definition) is 11. The van der Waals surface area contributed by atoms with Crippen LogP contribution in [0.3, 0.4) is 0 Å². The van der Waals surface area contributed by atoms with Crippen LogP contribution in [0.4, 0.5) is 0 Å². The molecule has 1 spiro atoms. The summed E-state index contributed by atoms with van der Waals surface area (Å²) in [7, 11) is 2.21. The quantitative estimate of drug-likeness (QED) is 0.0874. The zero-order chi connectivity index (χ0) is 56.7. The van der Waals surface area contributed by atoms with Crippen molar-refractivity contribution in [3.8, 4) is 16.1 Å². The number of carboxylic acid groups (broad SMARTS) is 1. The van der Waals surface area contributed by atoms with Crippen molar-refractivity contribution in [1.82, 2.24) is 39.9 Å². The number of amides is 2. The lowest BCUT2D eigenvalue weighted by Crippen LogP contribution is -2.52. The molecule has 0 radical (unpaired) electrons. The first-order chi connectivity index (χ1) is 38.5.